The lowest BCUT2D eigenvalue weighted by Gasteiger charge is -2.34. The molecule has 0 radical (unpaired) electrons. The van der Waals surface area contributed by atoms with Crippen molar-refractivity contribution in [2.24, 2.45) is 0 Å². The van der Waals surface area contributed by atoms with E-state index in [1.165, 1.54) is 23.8 Å². The lowest BCUT2D eigenvalue weighted by atomic mass is 10.1. The minimum atomic E-state index is -0.534. The van der Waals surface area contributed by atoms with E-state index < -0.39 is 5.82 Å². The van der Waals surface area contributed by atoms with Crippen LogP contribution in [0.25, 0.3) is 0 Å². The SMILES string of the molecule is O=C(c1cc(Cl)ccc1F)N1CCN(Cc2ccc(Cl)cc2)CC1. The van der Waals surface area contributed by atoms with Gasteiger partial charge in [0.25, 0.3) is 5.91 Å². The van der Waals surface area contributed by atoms with Gasteiger partial charge in [-0.25, -0.2) is 4.39 Å². The quantitative estimate of drug-likeness (QED) is 0.816. The summed E-state index contributed by atoms with van der Waals surface area (Å²) in [7, 11) is 0. The van der Waals surface area contributed by atoms with E-state index in [4.69, 9.17) is 23.2 Å². The molecule has 0 aliphatic carbocycles. The van der Waals surface area contributed by atoms with Crippen LogP contribution in [0.15, 0.2) is 42.5 Å². The molecule has 1 aliphatic heterocycles. The first-order chi connectivity index (χ1) is 11.5. The van der Waals surface area contributed by atoms with Gasteiger partial charge in [-0.2, -0.15) is 0 Å². The number of carbonyl (C=O) groups is 1. The number of hydrogen-bond donors (Lipinski definition) is 0. The van der Waals surface area contributed by atoms with Gasteiger partial charge in [-0.3, -0.25) is 9.69 Å². The summed E-state index contributed by atoms with van der Waals surface area (Å²) in [6.45, 7) is 3.44. The Hall–Kier alpha value is -1.62. The molecule has 0 bridgehead atoms. The lowest BCUT2D eigenvalue weighted by molar-refractivity contribution is 0.0624. The molecule has 0 N–H and O–H groups in total. The highest BCUT2D eigenvalue weighted by molar-refractivity contribution is 6.31. The standard InChI is InChI=1S/C18H17Cl2FN2O/c19-14-3-1-13(2-4-14)12-22-7-9-23(10-8-22)18(24)16-11-15(20)5-6-17(16)21/h1-6,11H,7-10,12H2. The molecule has 0 unspecified atom stereocenters. The second kappa shape index (κ2) is 7.51. The van der Waals surface area contributed by atoms with Gasteiger partial charge in [0.2, 0.25) is 0 Å². The molecular weight excluding hydrogens is 350 g/mol. The number of benzene rings is 2. The predicted octanol–water partition coefficient (Wildman–Crippen LogP) is 4.09. The van der Waals surface area contributed by atoms with Crippen LogP contribution in [-0.4, -0.2) is 41.9 Å². The maximum atomic E-state index is 13.8. The molecule has 3 nitrogen and oxygen atoms in total. The maximum Gasteiger partial charge on any atom is 0.256 e. The minimum Gasteiger partial charge on any atom is -0.336 e. The molecule has 24 heavy (non-hydrogen) atoms. The van der Waals surface area contributed by atoms with Crippen LogP contribution in [0.5, 0.6) is 0 Å². The van der Waals surface area contributed by atoms with Crippen LogP contribution in [0.2, 0.25) is 10.0 Å². The molecule has 1 fully saturated rings. The average molecular weight is 367 g/mol. The van der Waals surface area contributed by atoms with Gasteiger partial charge in [-0.05, 0) is 35.9 Å². The molecule has 126 valence electrons. The highest BCUT2D eigenvalue weighted by Crippen LogP contribution is 2.18. The van der Waals surface area contributed by atoms with Crippen molar-refractivity contribution in [2.75, 3.05) is 26.2 Å². The van der Waals surface area contributed by atoms with Crippen LogP contribution >= 0.6 is 23.2 Å². The monoisotopic (exact) mass is 366 g/mol. The fourth-order valence-corrected chi connectivity index (χ4v) is 3.09. The average Bonchev–Trinajstić information content (AvgIpc) is 2.59. The van der Waals surface area contributed by atoms with E-state index in [9.17, 15) is 9.18 Å². The number of nitrogens with zero attached hydrogens (tertiary/aromatic N) is 2. The van der Waals surface area contributed by atoms with Gasteiger partial charge >= 0.3 is 0 Å². The van der Waals surface area contributed by atoms with Gasteiger partial charge in [-0.15, -0.1) is 0 Å². The predicted molar refractivity (Wildman–Crippen MR) is 94.0 cm³/mol. The second-order valence-electron chi connectivity index (χ2n) is 5.82. The summed E-state index contributed by atoms with van der Waals surface area (Å²) in [5.74, 6) is -0.839. The molecule has 2 aromatic carbocycles. The van der Waals surface area contributed by atoms with Gasteiger partial charge in [0.15, 0.2) is 0 Å². The third-order valence-electron chi connectivity index (χ3n) is 4.14. The molecule has 1 heterocycles. The van der Waals surface area contributed by atoms with E-state index in [0.717, 1.165) is 24.7 Å². The summed E-state index contributed by atoms with van der Waals surface area (Å²) in [5, 5.41) is 1.08. The molecule has 0 atom stereocenters. The zero-order valence-electron chi connectivity index (χ0n) is 13.0. The smallest absolute Gasteiger partial charge is 0.256 e. The van der Waals surface area contributed by atoms with Crippen LogP contribution in [0.1, 0.15) is 15.9 Å². The van der Waals surface area contributed by atoms with E-state index in [1.807, 2.05) is 24.3 Å². The number of piperazine rings is 1. The van der Waals surface area contributed by atoms with E-state index in [2.05, 4.69) is 4.90 Å². The largest absolute Gasteiger partial charge is 0.336 e. The van der Waals surface area contributed by atoms with Gasteiger partial charge in [0.1, 0.15) is 5.82 Å². The molecule has 0 spiro atoms. The number of carbonyl (C=O) groups excluding carboxylic acids is 1. The summed E-state index contributed by atoms with van der Waals surface area (Å²) >= 11 is 11.8. The Labute approximate surface area is 150 Å². The Morgan fingerprint density at radius 3 is 2.25 bits per heavy atom. The van der Waals surface area contributed by atoms with Crippen molar-refractivity contribution in [3.63, 3.8) is 0 Å². The molecule has 0 aromatic heterocycles. The number of halogens is 3. The molecule has 0 saturated carbocycles. The van der Waals surface area contributed by atoms with Crippen LogP contribution in [0.3, 0.4) is 0 Å². The van der Waals surface area contributed by atoms with Crippen molar-refractivity contribution < 1.29 is 9.18 Å². The molecule has 2 aromatic rings. The Balaban J connectivity index is 1.59. The lowest BCUT2D eigenvalue weighted by Crippen LogP contribution is -2.48. The Bertz CT molecular complexity index is 728. The zero-order chi connectivity index (χ0) is 17.1. The van der Waals surface area contributed by atoms with Crippen molar-refractivity contribution in [2.45, 2.75) is 6.54 Å². The fourth-order valence-electron chi connectivity index (χ4n) is 2.79. The fraction of sp³-hybridized carbons (Fsp3) is 0.278. The highest BCUT2D eigenvalue weighted by Gasteiger charge is 2.24. The first kappa shape index (κ1) is 17.2. The maximum absolute atomic E-state index is 13.8. The molecule has 3 rings (SSSR count). The number of rotatable bonds is 3. The van der Waals surface area contributed by atoms with E-state index in [1.54, 1.807) is 4.90 Å². The van der Waals surface area contributed by atoms with E-state index in [-0.39, 0.29) is 11.5 Å². The minimum absolute atomic E-state index is 0.0358. The number of amides is 1. The van der Waals surface area contributed by atoms with E-state index in [0.29, 0.717) is 18.1 Å². The molecule has 1 saturated heterocycles. The summed E-state index contributed by atoms with van der Waals surface area (Å²) in [6.07, 6.45) is 0. The second-order valence-corrected chi connectivity index (χ2v) is 6.69. The van der Waals surface area contributed by atoms with Crippen LogP contribution in [0, 0.1) is 5.82 Å². The molecule has 6 heteroatoms. The van der Waals surface area contributed by atoms with Crippen LogP contribution in [0.4, 0.5) is 4.39 Å². The highest BCUT2D eigenvalue weighted by atomic mass is 35.5. The molecule has 1 amide bonds. The van der Waals surface area contributed by atoms with Crippen molar-refractivity contribution in [3.05, 3.63) is 69.5 Å². The van der Waals surface area contributed by atoms with Gasteiger partial charge < -0.3 is 4.90 Å². The van der Waals surface area contributed by atoms with E-state index >= 15 is 0 Å². The van der Waals surface area contributed by atoms with Crippen LogP contribution < -0.4 is 0 Å². The van der Waals surface area contributed by atoms with Gasteiger partial charge in [0, 0.05) is 42.8 Å². The summed E-state index contributed by atoms with van der Waals surface area (Å²) in [6, 6.07) is 11.8. The molecule has 1 aliphatic rings. The normalized spacial score (nSPS) is 15.5. The summed E-state index contributed by atoms with van der Waals surface area (Å²) in [5.41, 5.74) is 1.22. The van der Waals surface area contributed by atoms with Gasteiger partial charge in [-0.1, -0.05) is 35.3 Å². The third kappa shape index (κ3) is 4.07. The Morgan fingerprint density at radius 2 is 1.58 bits per heavy atom. The Kier molecular flexibility index (Phi) is 5.39. The topological polar surface area (TPSA) is 23.6 Å². The van der Waals surface area contributed by atoms with Crippen molar-refractivity contribution in [3.8, 4) is 0 Å². The zero-order valence-corrected chi connectivity index (χ0v) is 14.5. The Morgan fingerprint density at radius 1 is 0.958 bits per heavy atom. The van der Waals surface area contributed by atoms with Gasteiger partial charge in [0.05, 0.1) is 5.56 Å². The van der Waals surface area contributed by atoms with Crippen LogP contribution in [-0.2, 0) is 6.54 Å². The number of hydrogen-bond acceptors (Lipinski definition) is 2. The molecular formula is C18H17Cl2FN2O. The van der Waals surface area contributed by atoms with Crippen molar-refractivity contribution >= 4 is 29.1 Å². The van der Waals surface area contributed by atoms with Crippen molar-refractivity contribution in [1.29, 1.82) is 0 Å². The summed E-state index contributed by atoms with van der Waals surface area (Å²) in [4.78, 5) is 16.4. The first-order valence-corrected chi connectivity index (χ1v) is 8.49. The third-order valence-corrected chi connectivity index (χ3v) is 4.62. The summed E-state index contributed by atoms with van der Waals surface area (Å²) < 4.78 is 13.8. The van der Waals surface area contributed by atoms with Crippen molar-refractivity contribution in [1.82, 2.24) is 9.80 Å². The first-order valence-electron chi connectivity index (χ1n) is 7.74.